The number of rotatable bonds is 7. The highest BCUT2D eigenvalue weighted by molar-refractivity contribution is 5.77. The molecule has 188 valence electrons. The zero-order valence-corrected chi connectivity index (χ0v) is 21.0. The average molecular weight is 488 g/mol. The Morgan fingerprint density at radius 2 is 1.89 bits per heavy atom. The van der Waals surface area contributed by atoms with Gasteiger partial charge in [-0.05, 0) is 53.8 Å². The van der Waals surface area contributed by atoms with Gasteiger partial charge >= 0.3 is 0 Å². The van der Waals surface area contributed by atoms with Crippen molar-refractivity contribution in [2.75, 3.05) is 33.5 Å². The lowest BCUT2D eigenvalue weighted by molar-refractivity contribution is -0.131. The molecule has 2 aliphatic heterocycles. The molecular formula is C30H33NO5. The summed E-state index contributed by atoms with van der Waals surface area (Å²) in [4.78, 5) is 15.2. The summed E-state index contributed by atoms with van der Waals surface area (Å²) in [5, 5.41) is 0. The maximum absolute atomic E-state index is 13.3. The van der Waals surface area contributed by atoms with Crippen molar-refractivity contribution in [3.63, 3.8) is 0 Å². The number of para-hydroxylation sites is 1. The SMILES string of the molecule is COc1ccccc1CCC(=O)N1CCOc2c(cc(-c3ccccc3C)cc2O[C@@H]2CCOC2)C1. The maximum atomic E-state index is 13.3. The van der Waals surface area contributed by atoms with Crippen LogP contribution in [-0.4, -0.2) is 50.4 Å². The molecule has 1 atom stereocenters. The number of hydrogen-bond donors (Lipinski definition) is 0. The van der Waals surface area contributed by atoms with Gasteiger partial charge in [-0.3, -0.25) is 4.79 Å². The van der Waals surface area contributed by atoms with E-state index in [1.165, 1.54) is 5.56 Å². The largest absolute Gasteiger partial charge is 0.496 e. The molecular weight excluding hydrogens is 454 g/mol. The standard InChI is InChI=1S/C30H33NO5/c1-21-7-3-5-9-26(21)23-17-24-19-31(29(32)12-11-22-8-4-6-10-27(22)33-2)14-16-35-30(24)28(18-23)36-25-13-15-34-20-25/h3-10,17-18,25H,11-16,19-20H2,1-2H3/t25-/m1/s1. The minimum atomic E-state index is 0.00617. The summed E-state index contributed by atoms with van der Waals surface area (Å²) in [7, 11) is 1.66. The lowest BCUT2D eigenvalue weighted by Gasteiger charge is -2.21. The number of ether oxygens (including phenoxy) is 4. The van der Waals surface area contributed by atoms with Crippen LogP contribution in [0.15, 0.2) is 60.7 Å². The van der Waals surface area contributed by atoms with Crippen molar-refractivity contribution >= 4 is 5.91 Å². The molecule has 0 saturated carbocycles. The fraction of sp³-hybridized carbons (Fsp3) is 0.367. The van der Waals surface area contributed by atoms with E-state index in [-0.39, 0.29) is 12.0 Å². The van der Waals surface area contributed by atoms with Crippen molar-refractivity contribution in [1.82, 2.24) is 4.90 Å². The molecule has 0 N–H and O–H groups in total. The Morgan fingerprint density at radius 1 is 1.06 bits per heavy atom. The number of amides is 1. The van der Waals surface area contributed by atoms with Crippen LogP contribution in [0.2, 0.25) is 0 Å². The molecule has 0 aliphatic carbocycles. The first kappa shape index (κ1) is 24.2. The van der Waals surface area contributed by atoms with Gasteiger partial charge in [-0.2, -0.15) is 0 Å². The third kappa shape index (κ3) is 5.34. The van der Waals surface area contributed by atoms with Crippen LogP contribution in [0, 0.1) is 6.92 Å². The van der Waals surface area contributed by atoms with Gasteiger partial charge in [0.2, 0.25) is 5.91 Å². The van der Waals surface area contributed by atoms with Gasteiger partial charge in [0.15, 0.2) is 11.5 Å². The molecule has 36 heavy (non-hydrogen) atoms. The van der Waals surface area contributed by atoms with Gasteiger partial charge in [0.05, 0.1) is 26.9 Å². The van der Waals surface area contributed by atoms with Gasteiger partial charge in [-0.25, -0.2) is 0 Å². The summed E-state index contributed by atoms with van der Waals surface area (Å²) < 4.78 is 23.6. The fourth-order valence-electron chi connectivity index (χ4n) is 4.93. The van der Waals surface area contributed by atoms with E-state index in [0.29, 0.717) is 45.8 Å². The number of fused-ring (bicyclic) bond motifs is 1. The second-order valence-electron chi connectivity index (χ2n) is 9.36. The highest BCUT2D eigenvalue weighted by Crippen LogP contribution is 2.40. The molecule has 1 saturated heterocycles. The van der Waals surface area contributed by atoms with Crippen LogP contribution < -0.4 is 14.2 Å². The number of nitrogens with zero attached hydrogens (tertiary/aromatic N) is 1. The minimum absolute atomic E-state index is 0.00617. The summed E-state index contributed by atoms with van der Waals surface area (Å²) in [5.41, 5.74) is 5.40. The quantitative estimate of drug-likeness (QED) is 0.459. The van der Waals surface area contributed by atoms with Gasteiger partial charge in [0.25, 0.3) is 0 Å². The molecule has 6 nitrogen and oxygen atoms in total. The Balaban J connectivity index is 1.41. The van der Waals surface area contributed by atoms with E-state index >= 15 is 0 Å². The molecule has 5 rings (SSSR count). The summed E-state index contributed by atoms with van der Waals surface area (Å²) >= 11 is 0. The normalized spacial score (nSPS) is 17.2. The van der Waals surface area contributed by atoms with Crippen molar-refractivity contribution in [3.8, 4) is 28.4 Å². The first-order valence-electron chi connectivity index (χ1n) is 12.6. The van der Waals surface area contributed by atoms with Gasteiger partial charge < -0.3 is 23.8 Å². The highest BCUT2D eigenvalue weighted by Gasteiger charge is 2.26. The van der Waals surface area contributed by atoms with Gasteiger partial charge in [-0.15, -0.1) is 0 Å². The first-order chi connectivity index (χ1) is 17.6. The second kappa shape index (κ2) is 11.0. The zero-order chi connectivity index (χ0) is 24.9. The number of hydrogen-bond acceptors (Lipinski definition) is 5. The highest BCUT2D eigenvalue weighted by atomic mass is 16.6. The molecule has 3 aromatic rings. The van der Waals surface area contributed by atoms with Crippen molar-refractivity contribution < 1.29 is 23.7 Å². The van der Waals surface area contributed by atoms with Crippen molar-refractivity contribution in [2.45, 2.75) is 38.8 Å². The number of carbonyl (C=O) groups is 1. The molecule has 2 aliphatic rings. The Hall–Kier alpha value is -3.51. The topological polar surface area (TPSA) is 57.2 Å². The molecule has 0 spiro atoms. The smallest absolute Gasteiger partial charge is 0.223 e. The van der Waals surface area contributed by atoms with Crippen LogP contribution in [0.25, 0.3) is 11.1 Å². The van der Waals surface area contributed by atoms with Crippen LogP contribution in [-0.2, 0) is 22.5 Å². The fourth-order valence-corrected chi connectivity index (χ4v) is 4.93. The Labute approximate surface area is 212 Å². The predicted molar refractivity (Wildman–Crippen MR) is 139 cm³/mol. The Morgan fingerprint density at radius 3 is 2.69 bits per heavy atom. The average Bonchev–Trinajstić information content (AvgIpc) is 3.31. The molecule has 2 heterocycles. The summed E-state index contributed by atoms with van der Waals surface area (Å²) in [6.45, 7) is 4.84. The van der Waals surface area contributed by atoms with E-state index in [2.05, 4.69) is 31.2 Å². The van der Waals surface area contributed by atoms with Crippen molar-refractivity contribution in [2.24, 2.45) is 0 Å². The van der Waals surface area contributed by atoms with E-state index in [1.807, 2.05) is 41.3 Å². The molecule has 0 radical (unpaired) electrons. The van der Waals surface area contributed by atoms with Crippen molar-refractivity contribution in [1.29, 1.82) is 0 Å². The van der Waals surface area contributed by atoms with Crippen LogP contribution >= 0.6 is 0 Å². The van der Waals surface area contributed by atoms with Crippen LogP contribution in [0.1, 0.15) is 29.5 Å². The molecule has 0 bridgehead atoms. The molecule has 0 aromatic heterocycles. The Kier molecular flexibility index (Phi) is 7.42. The predicted octanol–water partition coefficient (Wildman–Crippen LogP) is 5.19. The van der Waals surface area contributed by atoms with E-state index in [1.54, 1.807) is 7.11 Å². The molecule has 0 unspecified atom stereocenters. The summed E-state index contributed by atoms with van der Waals surface area (Å²) in [6.07, 6.45) is 1.91. The maximum Gasteiger partial charge on any atom is 0.223 e. The van der Waals surface area contributed by atoms with Crippen LogP contribution in [0.4, 0.5) is 0 Å². The molecule has 1 fully saturated rings. The van der Waals surface area contributed by atoms with Crippen LogP contribution in [0.5, 0.6) is 17.2 Å². The minimum Gasteiger partial charge on any atom is -0.496 e. The number of benzene rings is 3. The Bertz CT molecular complexity index is 1220. The number of carbonyl (C=O) groups excluding carboxylic acids is 1. The lowest BCUT2D eigenvalue weighted by atomic mass is 9.97. The van der Waals surface area contributed by atoms with Gasteiger partial charge in [-0.1, -0.05) is 42.5 Å². The monoisotopic (exact) mass is 487 g/mol. The van der Waals surface area contributed by atoms with E-state index < -0.39 is 0 Å². The summed E-state index contributed by atoms with van der Waals surface area (Å²) in [6, 6.07) is 20.4. The van der Waals surface area contributed by atoms with E-state index in [0.717, 1.165) is 45.9 Å². The number of methoxy groups -OCH3 is 1. The van der Waals surface area contributed by atoms with Gasteiger partial charge in [0, 0.05) is 24.9 Å². The third-order valence-corrected chi connectivity index (χ3v) is 6.89. The first-order valence-corrected chi connectivity index (χ1v) is 12.6. The lowest BCUT2D eigenvalue weighted by Crippen LogP contribution is -2.32. The van der Waals surface area contributed by atoms with E-state index in [9.17, 15) is 4.79 Å². The summed E-state index contributed by atoms with van der Waals surface area (Å²) in [5.74, 6) is 2.38. The molecule has 6 heteroatoms. The molecule has 3 aromatic carbocycles. The van der Waals surface area contributed by atoms with E-state index in [4.69, 9.17) is 18.9 Å². The zero-order valence-electron chi connectivity index (χ0n) is 21.0. The molecule has 1 amide bonds. The van der Waals surface area contributed by atoms with Crippen molar-refractivity contribution in [3.05, 3.63) is 77.4 Å². The van der Waals surface area contributed by atoms with Crippen LogP contribution in [0.3, 0.4) is 0 Å². The third-order valence-electron chi connectivity index (χ3n) is 6.89. The second-order valence-corrected chi connectivity index (χ2v) is 9.36. The number of aryl methyl sites for hydroxylation is 2. The van der Waals surface area contributed by atoms with Gasteiger partial charge in [0.1, 0.15) is 18.5 Å².